The summed E-state index contributed by atoms with van der Waals surface area (Å²) < 4.78 is 0. The normalized spacial score (nSPS) is 12.6. The van der Waals surface area contributed by atoms with Gasteiger partial charge in [-0.05, 0) is 25.8 Å². The van der Waals surface area contributed by atoms with Crippen molar-refractivity contribution >= 4 is 11.7 Å². The smallest absolute Gasteiger partial charge is 0.267 e. The van der Waals surface area contributed by atoms with Gasteiger partial charge in [-0.3, -0.25) is 9.59 Å². The van der Waals surface area contributed by atoms with E-state index in [4.69, 9.17) is 0 Å². The van der Waals surface area contributed by atoms with Gasteiger partial charge in [0, 0.05) is 17.8 Å². The van der Waals surface area contributed by atoms with Crippen LogP contribution >= 0.6 is 0 Å². The number of carbonyl (C=O) groups excluding carboxylic acids is 2. The van der Waals surface area contributed by atoms with E-state index in [1.165, 1.54) is 6.92 Å². The Morgan fingerprint density at radius 3 is 2.38 bits per heavy atom. The minimum atomic E-state index is -0.172. The van der Waals surface area contributed by atoms with Crippen LogP contribution in [0.1, 0.15) is 48.5 Å². The van der Waals surface area contributed by atoms with Crippen molar-refractivity contribution in [3.8, 4) is 0 Å². The molecule has 0 saturated heterocycles. The van der Waals surface area contributed by atoms with Crippen molar-refractivity contribution in [3.63, 3.8) is 0 Å². The number of hydrogen-bond acceptors (Lipinski definition) is 2. The minimum absolute atomic E-state index is 0.0489. The Labute approximate surface area is 95.4 Å². The van der Waals surface area contributed by atoms with E-state index >= 15 is 0 Å². The largest absolute Gasteiger partial charge is 0.356 e. The molecule has 1 amide bonds. The first-order valence-electron chi connectivity index (χ1n) is 5.42. The number of hydrogen-bond donors (Lipinski definition) is 2. The van der Waals surface area contributed by atoms with Crippen LogP contribution in [0.25, 0.3) is 0 Å². The van der Waals surface area contributed by atoms with Gasteiger partial charge in [0.25, 0.3) is 5.91 Å². The number of amides is 1. The van der Waals surface area contributed by atoms with Crippen LogP contribution < -0.4 is 5.32 Å². The molecule has 0 spiro atoms. The fraction of sp³-hybridized carbons (Fsp3) is 0.500. The Hall–Kier alpha value is -1.58. The molecule has 4 nitrogen and oxygen atoms in total. The summed E-state index contributed by atoms with van der Waals surface area (Å²) in [6.07, 6.45) is 1.55. The van der Waals surface area contributed by atoms with Crippen LogP contribution in [0.3, 0.4) is 0 Å². The van der Waals surface area contributed by atoms with Gasteiger partial charge < -0.3 is 10.3 Å². The average Bonchev–Trinajstić information content (AvgIpc) is 2.65. The first-order chi connectivity index (χ1) is 7.41. The molecule has 0 aliphatic carbocycles. The fourth-order valence-electron chi connectivity index (χ4n) is 1.18. The van der Waals surface area contributed by atoms with Crippen molar-refractivity contribution in [2.75, 3.05) is 0 Å². The van der Waals surface area contributed by atoms with E-state index < -0.39 is 0 Å². The summed E-state index contributed by atoms with van der Waals surface area (Å²) >= 11 is 0. The van der Waals surface area contributed by atoms with E-state index in [1.54, 1.807) is 12.3 Å². The summed E-state index contributed by atoms with van der Waals surface area (Å²) in [6.45, 7) is 7.51. The van der Waals surface area contributed by atoms with Gasteiger partial charge in [0.15, 0.2) is 5.78 Å². The second-order valence-corrected chi connectivity index (χ2v) is 4.36. The van der Waals surface area contributed by atoms with Crippen LogP contribution in [0.15, 0.2) is 12.3 Å². The summed E-state index contributed by atoms with van der Waals surface area (Å²) in [4.78, 5) is 25.6. The van der Waals surface area contributed by atoms with E-state index in [0.717, 1.165) is 0 Å². The zero-order valence-corrected chi connectivity index (χ0v) is 10.1. The number of ketones is 1. The Balaban J connectivity index is 2.70. The molecule has 1 rings (SSSR count). The first kappa shape index (κ1) is 12.5. The van der Waals surface area contributed by atoms with Gasteiger partial charge in [-0.15, -0.1) is 0 Å². The topological polar surface area (TPSA) is 62.0 Å². The molecule has 88 valence electrons. The average molecular weight is 222 g/mol. The van der Waals surface area contributed by atoms with Crippen molar-refractivity contribution in [1.82, 2.24) is 10.3 Å². The Bertz CT molecular complexity index is 393. The lowest BCUT2D eigenvalue weighted by molar-refractivity contribution is 0.0926. The zero-order valence-electron chi connectivity index (χ0n) is 10.1. The monoisotopic (exact) mass is 222 g/mol. The highest BCUT2D eigenvalue weighted by Crippen LogP contribution is 2.06. The van der Waals surface area contributed by atoms with E-state index in [2.05, 4.69) is 10.3 Å². The zero-order chi connectivity index (χ0) is 12.3. The van der Waals surface area contributed by atoms with Gasteiger partial charge in [-0.25, -0.2) is 0 Å². The van der Waals surface area contributed by atoms with Gasteiger partial charge in [-0.2, -0.15) is 0 Å². The maximum absolute atomic E-state index is 11.7. The van der Waals surface area contributed by atoms with Crippen LogP contribution in [0.2, 0.25) is 0 Å². The molecule has 0 bridgehead atoms. The van der Waals surface area contributed by atoms with Crippen molar-refractivity contribution in [3.05, 3.63) is 23.5 Å². The van der Waals surface area contributed by atoms with Gasteiger partial charge >= 0.3 is 0 Å². The quantitative estimate of drug-likeness (QED) is 0.765. The Morgan fingerprint density at radius 1 is 1.31 bits per heavy atom. The molecule has 0 fully saturated rings. The van der Waals surface area contributed by atoms with Crippen LogP contribution in [0.4, 0.5) is 0 Å². The summed E-state index contributed by atoms with van der Waals surface area (Å²) in [5.74, 6) is 0.159. The minimum Gasteiger partial charge on any atom is -0.356 e. The third kappa shape index (κ3) is 2.95. The number of nitrogens with one attached hydrogen (secondary N) is 2. The SMILES string of the molecule is CC(=O)c1c[nH]c(C(=O)NC(C)C(C)C)c1. The Kier molecular flexibility index (Phi) is 3.88. The molecule has 1 aromatic rings. The van der Waals surface area contributed by atoms with Crippen LogP contribution in [-0.2, 0) is 0 Å². The van der Waals surface area contributed by atoms with Gasteiger partial charge in [-0.1, -0.05) is 13.8 Å². The second kappa shape index (κ2) is 4.96. The molecule has 0 aliphatic heterocycles. The molecule has 1 atom stereocenters. The van der Waals surface area contributed by atoms with E-state index in [9.17, 15) is 9.59 Å². The molecule has 1 aromatic heterocycles. The molecule has 16 heavy (non-hydrogen) atoms. The van der Waals surface area contributed by atoms with Gasteiger partial charge in [0.2, 0.25) is 0 Å². The maximum atomic E-state index is 11.7. The first-order valence-corrected chi connectivity index (χ1v) is 5.42. The Morgan fingerprint density at radius 2 is 1.94 bits per heavy atom. The lowest BCUT2D eigenvalue weighted by Gasteiger charge is -2.16. The lowest BCUT2D eigenvalue weighted by atomic mass is 10.1. The highest BCUT2D eigenvalue weighted by molar-refractivity contribution is 5.99. The lowest BCUT2D eigenvalue weighted by Crippen LogP contribution is -2.36. The van der Waals surface area contributed by atoms with Crippen molar-refractivity contribution in [2.45, 2.75) is 33.7 Å². The van der Waals surface area contributed by atoms with E-state index in [-0.39, 0.29) is 17.7 Å². The van der Waals surface area contributed by atoms with Gasteiger partial charge in [0.05, 0.1) is 0 Å². The van der Waals surface area contributed by atoms with Crippen molar-refractivity contribution in [1.29, 1.82) is 0 Å². The number of carbonyl (C=O) groups is 2. The molecular weight excluding hydrogens is 204 g/mol. The molecule has 0 radical (unpaired) electrons. The van der Waals surface area contributed by atoms with Crippen molar-refractivity contribution in [2.24, 2.45) is 5.92 Å². The molecule has 0 saturated carbocycles. The summed E-state index contributed by atoms with van der Waals surface area (Å²) in [6, 6.07) is 1.68. The molecule has 0 aromatic carbocycles. The third-order valence-corrected chi connectivity index (χ3v) is 2.69. The molecule has 0 aliphatic rings. The number of aromatic nitrogens is 1. The third-order valence-electron chi connectivity index (χ3n) is 2.69. The predicted octanol–water partition coefficient (Wildman–Crippen LogP) is 1.99. The molecule has 4 heteroatoms. The highest BCUT2D eigenvalue weighted by Gasteiger charge is 2.14. The van der Waals surface area contributed by atoms with Crippen molar-refractivity contribution < 1.29 is 9.59 Å². The second-order valence-electron chi connectivity index (χ2n) is 4.36. The summed E-state index contributed by atoms with van der Waals surface area (Å²) in [7, 11) is 0. The number of rotatable bonds is 4. The van der Waals surface area contributed by atoms with Crippen LogP contribution in [0, 0.1) is 5.92 Å². The number of aromatic amines is 1. The van der Waals surface area contributed by atoms with E-state index in [0.29, 0.717) is 17.2 Å². The number of Topliss-reactive ketones (excluding diaryl/α,β-unsaturated/α-hetero) is 1. The fourth-order valence-corrected chi connectivity index (χ4v) is 1.18. The van der Waals surface area contributed by atoms with Crippen LogP contribution in [0.5, 0.6) is 0 Å². The predicted molar refractivity (Wildman–Crippen MR) is 62.6 cm³/mol. The van der Waals surface area contributed by atoms with E-state index in [1.807, 2.05) is 20.8 Å². The standard InChI is InChI=1S/C12H18N2O2/c1-7(2)8(3)14-12(16)11-5-10(6-13-11)9(4)15/h5-8,13H,1-4H3,(H,14,16). The van der Waals surface area contributed by atoms with Gasteiger partial charge in [0.1, 0.15) is 5.69 Å². The number of H-pyrrole nitrogens is 1. The molecule has 2 N–H and O–H groups in total. The maximum Gasteiger partial charge on any atom is 0.267 e. The summed E-state index contributed by atoms with van der Waals surface area (Å²) in [5.41, 5.74) is 0.958. The molecule has 1 heterocycles. The molecular formula is C12H18N2O2. The van der Waals surface area contributed by atoms with Crippen LogP contribution in [-0.4, -0.2) is 22.7 Å². The molecule has 1 unspecified atom stereocenters. The highest BCUT2D eigenvalue weighted by atomic mass is 16.2. The summed E-state index contributed by atoms with van der Waals surface area (Å²) in [5, 5.41) is 2.87.